The third-order valence-electron chi connectivity index (χ3n) is 3.77. The van der Waals surface area contributed by atoms with Crippen molar-refractivity contribution in [1.82, 2.24) is 10.2 Å². The minimum absolute atomic E-state index is 0.0107. The molecule has 2 aromatic heterocycles. The summed E-state index contributed by atoms with van der Waals surface area (Å²) in [7, 11) is 0. The van der Waals surface area contributed by atoms with Crippen LogP contribution in [0.4, 0.5) is 6.01 Å². The van der Waals surface area contributed by atoms with E-state index in [9.17, 15) is 4.79 Å². The molecule has 2 aromatic carbocycles. The molecule has 0 saturated heterocycles. The molecule has 0 aliphatic heterocycles. The zero-order valence-corrected chi connectivity index (χ0v) is 15.8. The van der Waals surface area contributed by atoms with Crippen molar-refractivity contribution in [3.8, 4) is 17.2 Å². The van der Waals surface area contributed by atoms with Gasteiger partial charge < -0.3 is 13.6 Å². The predicted molar refractivity (Wildman–Crippen MR) is 103 cm³/mol. The summed E-state index contributed by atoms with van der Waals surface area (Å²) < 4.78 is 17.6. The number of aromatic nitrogens is 2. The first-order chi connectivity index (χ1) is 13.1. The van der Waals surface area contributed by atoms with Crippen LogP contribution in [0.2, 0.25) is 0 Å². The number of hydrogen-bond acceptors (Lipinski definition) is 6. The molecule has 0 saturated carbocycles. The van der Waals surface area contributed by atoms with Crippen LogP contribution < -0.4 is 10.1 Å². The third kappa shape index (κ3) is 3.56. The predicted octanol–water partition coefficient (Wildman–Crippen LogP) is 4.90. The number of halogens is 1. The van der Waals surface area contributed by atoms with Gasteiger partial charge in [-0.3, -0.25) is 10.1 Å². The quantitative estimate of drug-likeness (QED) is 0.487. The highest BCUT2D eigenvalue weighted by Gasteiger charge is 2.18. The lowest BCUT2D eigenvalue weighted by atomic mass is 10.2. The number of benzene rings is 2. The molecule has 0 aliphatic rings. The van der Waals surface area contributed by atoms with Crippen LogP contribution in [0.25, 0.3) is 22.4 Å². The second-order valence-electron chi connectivity index (χ2n) is 5.59. The lowest BCUT2D eigenvalue weighted by Gasteiger charge is -2.02. The van der Waals surface area contributed by atoms with Gasteiger partial charge in [0.15, 0.2) is 17.1 Å². The Morgan fingerprint density at radius 3 is 2.74 bits per heavy atom. The maximum atomic E-state index is 12.5. The molecule has 0 atom stereocenters. The van der Waals surface area contributed by atoms with Gasteiger partial charge in [0.05, 0.1) is 6.61 Å². The Hall–Kier alpha value is -3.13. The topological polar surface area (TPSA) is 90.4 Å². The Labute approximate surface area is 162 Å². The number of ether oxygens (including phenoxy) is 1. The number of carbonyl (C=O) groups is 1. The van der Waals surface area contributed by atoms with Gasteiger partial charge in [0.2, 0.25) is 5.89 Å². The summed E-state index contributed by atoms with van der Waals surface area (Å²) in [5.41, 5.74) is 1.27. The summed E-state index contributed by atoms with van der Waals surface area (Å²) in [6.07, 6.45) is 0. The molecule has 7 nitrogen and oxygen atoms in total. The number of amides is 1. The molecule has 0 fully saturated rings. The number of anilines is 1. The van der Waals surface area contributed by atoms with E-state index < -0.39 is 5.91 Å². The number of carbonyl (C=O) groups excluding carboxylic acids is 1. The minimum atomic E-state index is -0.486. The van der Waals surface area contributed by atoms with Crippen LogP contribution in [0.1, 0.15) is 17.5 Å². The van der Waals surface area contributed by atoms with Crippen molar-refractivity contribution in [3.63, 3.8) is 0 Å². The molecule has 0 bridgehead atoms. The first kappa shape index (κ1) is 17.3. The maximum absolute atomic E-state index is 12.5. The van der Waals surface area contributed by atoms with Gasteiger partial charge in [-0.15, -0.1) is 5.10 Å². The first-order valence-corrected chi connectivity index (χ1v) is 8.99. The summed E-state index contributed by atoms with van der Waals surface area (Å²) >= 11 is 3.37. The molecule has 0 aliphatic carbocycles. The summed E-state index contributed by atoms with van der Waals surface area (Å²) in [6.45, 7) is 2.39. The van der Waals surface area contributed by atoms with Crippen molar-refractivity contribution >= 4 is 38.8 Å². The number of nitrogens with one attached hydrogen (secondary N) is 1. The summed E-state index contributed by atoms with van der Waals surface area (Å²) in [5, 5.41) is 11.1. The number of rotatable bonds is 5. The number of hydrogen-bond donors (Lipinski definition) is 1. The maximum Gasteiger partial charge on any atom is 0.322 e. The molecule has 27 heavy (non-hydrogen) atoms. The smallest absolute Gasteiger partial charge is 0.322 e. The first-order valence-electron chi connectivity index (χ1n) is 8.20. The monoisotopic (exact) mass is 427 g/mol. The summed E-state index contributed by atoms with van der Waals surface area (Å²) in [4.78, 5) is 12.5. The second-order valence-corrected chi connectivity index (χ2v) is 6.51. The van der Waals surface area contributed by atoms with Gasteiger partial charge in [-0.25, -0.2) is 0 Å². The van der Waals surface area contributed by atoms with Crippen molar-refractivity contribution in [2.75, 3.05) is 11.9 Å². The largest absolute Gasteiger partial charge is 0.490 e. The van der Waals surface area contributed by atoms with Crippen LogP contribution in [-0.2, 0) is 0 Å². The molecule has 0 spiro atoms. The SMILES string of the molecule is CCOc1cccc2cc(C(=O)Nc3nnc(-c4ccc(Br)cc4)o3)oc12. The van der Waals surface area contributed by atoms with Crippen LogP contribution >= 0.6 is 15.9 Å². The molecule has 4 aromatic rings. The van der Waals surface area contributed by atoms with Gasteiger partial charge in [-0.1, -0.05) is 33.2 Å². The van der Waals surface area contributed by atoms with E-state index in [2.05, 4.69) is 31.4 Å². The molecule has 0 unspecified atom stereocenters. The highest BCUT2D eigenvalue weighted by atomic mass is 79.9. The molecule has 0 radical (unpaired) electrons. The molecule has 136 valence electrons. The van der Waals surface area contributed by atoms with Crippen LogP contribution in [0.3, 0.4) is 0 Å². The van der Waals surface area contributed by atoms with Crippen molar-refractivity contribution in [3.05, 3.63) is 58.8 Å². The van der Waals surface area contributed by atoms with Gasteiger partial charge in [-0.05, 0) is 43.3 Å². The van der Waals surface area contributed by atoms with Crippen molar-refractivity contribution in [2.45, 2.75) is 6.92 Å². The molecular weight excluding hydrogens is 414 g/mol. The molecular formula is C19H14BrN3O4. The van der Waals surface area contributed by atoms with Crippen LogP contribution in [-0.4, -0.2) is 22.7 Å². The lowest BCUT2D eigenvalue weighted by molar-refractivity contribution is 0.0995. The zero-order valence-electron chi connectivity index (χ0n) is 14.2. The van der Waals surface area contributed by atoms with E-state index in [0.717, 1.165) is 15.4 Å². The van der Waals surface area contributed by atoms with Gasteiger partial charge in [0.25, 0.3) is 5.91 Å². The lowest BCUT2D eigenvalue weighted by Crippen LogP contribution is -2.10. The molecule has 2 heterocycles. The van der Waals surface area contributed by atoms with Gasteiger partial charge in [0, 0.05) is 15.4 Å². The summed E-state index contributed by atoms with van der Waals surface area (Å²) in [5.74, 6) is 0.533. The Balaban J connectivity index is 1.55. The van der Waals surface area contributed by atoms with E-state index in [1.165, 1.54) is 0 Å². The Morgan fingerprint density at radius 2 is 1.96 bits per heavy atom. The minimum Gasteiger partial charge on any atom is -0.490 e. The standard InChI is InChI=1S/C19H14BrN3O4/c1-2-25-14-5-3-4-12-10-15(26-16(12)14)17(24)21-19-23-22-18(27-19)11-6-8-13(20)9-7-11/h3-10H,2H2,1H3,(H,21,23,24). The number of para-hydroxylation sites is 1. The average molecular weight is 428 g/mol. The van der Waals surface area contributed by atoms with Crippen LogP contribution in [0.15, 0.2) is 61.8 Å². The zero-order chi connectivity index (χ0) is 18.8. The number of furan rings is 1. The molecule has 1 N–H and O–H groups in total. The number of fused-ring (bicyclic) bond motifs is 1. The van der Waals surface area contributed by atoms with Crippen LogP contribution in [0.5, 0.6) is 5.75 Å². The Kier molecular flexibility index (Phi) is 4.64. The van der Waals surface area contributed by atoms with Gasteiger partial charge in [-0.2, -0.15) is 0 Å². The van der Waals surface area contributed by atoms with Crippen LogP contribution in [0, 0.1) is 0 Å². The number of nitrogens with zero attached hydrogens (tertiary/aromatic N) is 2. The Morgan fingerprint density at radius 1 is 1.15 bits per heavy atom. The highest BCUT2D eigenvalue weighted by molar-refractivity contribution is 9.10. The van der Waals surface area contributed by atoms with Crippen molar-refractivity contribution in [2.24, 2.45) is 0 Å². The fourth-order valence-corrected chi connectivity index (χ4v) is 2.82. The third-order valence-corrected chi connectivity index (χ3v) is 4.30. The normalized spacial score (nSPS) is 10.9. The van der Waals surface area contributed by atoms with E-state index in [1.807, 2.05) is 43.3 Å². The Bertz CT molecular complexity index is 1100. The van der Waals surface area contributed by atoms with E-state index in [1.54, 1.807) is 12.1 Å². The van der Waals surface area contributed by atoms with Crippen molar-refractivity contribution in [1.29, 1.82) is 0 Å². The highest BCUT2D eigenvalue weighted by Crippen LogP contribution is 2.29. The van der Waals surface area contributed by atoms with E-state index >= 15 is 0 Å². The second kappa shape index (κ2) is 7.24. The fraction of sp³-hybridized carbons (Fsp3) is 0.105. The molecule has 1 amide bonds. The van der Waals surface area contributed by atoms with Gasteiger partial charge in [0.1, 0.15) is 0 Å². The fourth-order valence-electron chi connectivity index (χ4n) is 2.56. The van der Waals surface area contributed by atoms with Gasteiger partial charge >= 0.3 is 6.01 Å². The van der Waals surface area contributed by atoms with E-state index in [4.69, 9.17) is 13.6 Å². The molecule has 4 rings (SSSR count). The van der Waals surface area contributed by atoms with Crippen molar-refractivity contribution < 1.29 is 18.4 Å². The summed E-state index contributed by atoms with van der Waals surface area (Å²) in [6, 6.07) is 14.5. The van der Waals surface area contributed by atoms with E-state index in [-0.39, 0.29) is 11.8 Å². The van der Waals surface area contributed by atoms with E-state index in [0.29, 0.717) is 23.8 Å². The average Bonchev–Trinajstić information content (AvgIpc) is 3.30. The molecule has 8 heteroatoms.